The van der Waals surface area contributed by atoms with Crippen molar-refractivity contribution in [1.82, 2.24) is 14.9 Å². The highest BCUT2D eigenvalue weighted by atomic mass is 19.4. The molecule has 1 aliphatic heterocycles. The first kappa shape index (κ1) is 19.2. The van der Waals surface area contributed by atoms with Crippen LogP contribution in [0.15, 0.2) is 55.1 Å². The lowest BCUT2D eigenvalue weighted by molar-refractivity contribution is -0.137. The van der Waals surface area contributed by atoms with Gasteiger partial charge in [-0.1, -0.05) is 38.1 Å². The molecule has 6 heteroatoms. The summed E-state index contributed by atoms with van der Waals surface area (Å²) >= 11 is 0. The van der Waals surface area contributed by atoms with Crippen LogP contribution in [0.4, 0.5) is 13.2 Å². The van der Waals surface area contributed by atoms with E-state index in [2.05, 4.69) is 16.4 Å². The van der Waals surface area contributed by atoms with Gasteiger partial charge in [-0.25, -0.2) is 4.98 Å². The lowest BCUT2D eigenvalue weighted by Gasteiger charge is -2.22. The van der Waals surface area contributed by atoms with Crippen LogP contribution >= 0.6 is 0 Å². The van der Waals surface area contributed by atoms with Gasteiger partial charge in [0.15, 0.2) is 0 Å². The number of alkyl halides is 3. The topological polar surface area (TPSA) is 29.9 Å². The Morgan fingerprint density at radius 2 is 1.89 bits per heavy atom. The number of hydrogen-bond donors (Lipinski definition) is 1. The number of nitrogens with zero attached hydrogens (tertiary/aromatic N) is 2. The minimum absolute atomic E-state index is 0.485. The van der Waals surface area contributed by atoms with Crippen LogP contribution in [0, 0.1) is 0 Å². The molecule has 1 aromatic heterocycles. The monoisotopic (exact) mass is 373 g/mol. The van der Waals surface area contributed by atoms with Crippen LogP contribution in [0.1, 0.15) is 30.5 Å². The van der Waals surface area contributed by atoms with Gasteiger partial charge in [0.05, 0.1) is 17.6 Å². The third-order valence-electron chi connectivity index (χ3n) is 4.54. The average Bonchev–Trinajstić information content (AvgIpc) is 3.23. The number of hydrogen-bond acceptors (Lipinski definition) is 2. The molecule has 1 aliphatic rings. The first-order chi connectivity index (χ1) is 13.0. The number of aromatic nitrogens is 2. The number of nitrogens with one attached hydrogen (secondary N) is 1. The van der Waals surface area contributed by atoms with Crippen LogP contribution in [0.25, 0.3) is 16.8 Å². The first-order valence-electron chi connectivity index (χ1n) is 9.05. The van der Waals surface area contributed by atoms with Crippen LogP contribution in [0.2, 0.25) is 0 Å². The highest BCUT2D eigenvalue weighted by Gasteiger charge is 2.31. The molecular weight excluding hydrogens is 351 g/mol. The summed E-state index contributed by atoms with van der Waals surface area (Å²) in [7, 11) is 0. The van der Waals surface area contributed by atoms with E-state index in [1.54, 1.807) is 23.0 Å². The molecule has 0 fully saturated rings. The molecule has 27 heavy (non-hydrogen) atoms. The zero-order valence-electron chi connectivity index (χ0n) is 15.3. The van der Waals surface area contributed by atoms with E-state index in [0.29, 0.717) is 5.69 Å². The maximum atomic E-state index is 13.2. The fourth-order valence-corrected chi connectivity index (χ4v) is 3.34. The van der Waals surface area contributed by atoms with Crippen molar-refractivity contribution in [2.45, 2.75) is 33.0 Å². The van der Waals surface area contributed by atoms with Gasteiger partial charge in [-0.05, 0) is 41.8 Å². The second-order valence-corrected chi connectivity index (χ2v) is 6.07. The van der Waals surface area contributed by atoms with Crippen LogP contribution in [0.5, 0.6) is 0 Å². The van der Waals surface area contributed by atoms with E-state index in [0.717, 1.165) is 36.7 Å². The Hall–Kier alpha value is -2.60. The molecule has 4 rings (SSSR count). The second-order valence-electron chi connectivity index (χ2n) is 6.07. The Labute approximate surface area is 156 Å². The zero-order chi connectivity index (χ0) is 19.4. The zero-order valence-corrected chi connectivity index (χ0v) is 15.3. The molecule has 0 spiro atoms. The van der Waals surface area contributed by atoms with E-state index in [9.17, 15) is 13.2 Å². The smallest absolute Gasteiger partial charge is 0.312 e. The fraction of sp³-hybridized carbons (Fsp3) is 0.286. The Bertz CT molecular complexity index is 900. The molecule has 3 nitrogen and oxygen atoms in total. The maximum Gasteiger partial charge on any atom is 0.416 e. The summed E-state index contributed by atoms with van der Waals surface area (Å²) in [6.07, 6.45) is 1.23. The minimum Gasteiger partial charge on any atom is -0.312 e. The van der Waals surface area contributed by atoms with E-state index in [-0.39, 0.29) is 0 Å². The molecule has 0 saturated carbocycles. The molecule has 0 aliphatic carbocycles. The van der Waals surface area contributed by atoms with E-state index < -0.39 is 11.7 Å². The molecular formula is C21H22F3N3. The molecule has 0 unspecified atom stereocenters. The van der Waals surface area contributed by atoms with Crippen molar-refractivity contribution in [3.8, 4) is 16.8 Å². The highest BCUT2D eigenvalue weighted by molar-refractivity contribution is 5.77. The molecule has 2 heterocycles. The van der Waals surface area contributed by atoms with Gasteiger partial charge in [0.25, 0.3) is 0 Å². The van der Waals surface area contributed by atoms with Crippen molar-refractivity contribution >= 4 is 0 Å². The molecule has 0 amide bonds. The van der Waals surface area contributed by atoms with E-state index >= 15 is 0 Å². The lowest BCUT2D eigenvalue weighted by atomic mass is 9.90. The Balaban J connectivity index is 0.00000102. The van der Waals surface area contributed by atoms with Gasteiger partial charge in [-0.15, -0.1) is 0 Å². The summed E-state index contributed by atoms with van der Waals surface area (Å²) in [4.78, 5) is 3.98. The Morgan fingerprint density at radius 1 is 1.07 bits per heavy atom. The standard InChI is InChI=1S/C19H16F3N3.C2H6/c20-19(21,22)14-4-5-17(18(10-14)25-9-8-24-12-25)16-3-1-2-13-11-23-7-6-15(13)16;1-2/h1-5,8-10,12,23H,6-7,11H2;1-2H3. The summed E-state index contributed by atoms with van der Waals surface area (Å²) in [5.74, 6) is 0. The van der Waals surface area contributed by atoms with Gasteiger partial charge >= 0.3 is 6.18 Å². The number of rotatable bonds is 2. The molecule has 0 bridgehead atoms. The SMILES string of the molecule is CC.FC(F)(F)c1ccc(-c2cccc3c2CCNC3)c(-n2ccnc2)c1. The molecule has 142 valence electrons. The third kappa shape index (κ3) is 3.90. The van der Waals surface area contributed by atoms with Gasteiger partial charge in [0.2, 0.25) is 0 Å². The normalized spacial score (nSPS) is 13.5. The Morgan fingerprint density at radius 3 is 2.59 bits per heavy atom. The maximum absolute atomic E-state index is 13.2. The number of fused-ring (bicyclic) bond motifs is 1. The van der Waals surface area contributed by atoms with Gasteiger partial charge in [-0.3, -0.25) is 0 Å². The van der Waals surface area contributed by atoms with Gasteiger partial charge in [0, 0.05) is 24.5 Å². The quantitative estimate of drug-likeness (QED) is 0.667. The van der Waals surface area contributed by atoms with Crippen molar-refractivity contribution in [2.24, 2.45) is 0 Å². The van der Waals surface area contributed by atoms with Crippen molar-refractivity contribution in [3.05, 3.63) is 71.8 Å². The fourth-order valence-electron chi connectivity index (χ4n) is 3.34. The first-order valence-corrected chi connectivity index (χ1v) is 9.05. The molecule has 0 atom stereocenters. The van der Waals surface area contributed by atoms with Crippen molar-refractivity contribution < 1.29 is 13.2 Å². The number of halogens is 3. The summed E-state index contributed by atoms with van der Waals surface area (Å²) in [6.45, 7) is 5.65. The van der Waals surface area contributed by atoms with Crippen LogP contribution in [-0.2, 0) is 19.1 Å². The summed E-state index contributed by atoms with van der Waals surface area (Å²) in [6, 6.07) is 9.90. The molecule has 0 radical (unpaired) electrons. The third-order valence-corrected chi connectivity index (χ3v) is 4.54. The summed E-state index contributed by atoms with van der Waals surface area (Å²) < 4.78 is 41.2. The largest absolute Gasteiger partial charge is 0.416 e. The molecule has 0 saturated heterocycles. The van der Waals surface area contributed by atoms with E-state index in [1.807, 2.05) is 26.0 Å². The van der Waals surface area contributed by atoms with Crippen molar-refractivity contribution in [2.75, 3.05) is 6.54 Å². The molecule has 3 aromatic rings. The molecule has 1 N–H and O–H groups in total. The number of benzene rings is 2. The van der Waals surface area contributed by atoms with Gasteiger partial charge in [-0.2, -0.15) is 13.2 Å². The van der Waals surface area contributed by atoms with Crippen molar-refractivity contribution in [3.63, 3.8) is 0 Å². The highest BCUT2D eigenvalue weighted by Crippen LogP contribution is 2.37. The van der Waals surface area contributed by atoms with E-state index in [4.69, 9.17) is 0 Å². The van der Waals surface area contributed by atoms with Gasteiger partial charge in [0.1, 0.15) is 0 Å². The molecule has 2 aromatic carbocycles. The average molecular weight is 373 g/mol. The van der Waals surface area contributed by atoms with Crippen LogP contribution in [0.3, 0.4) is 0 Å². The predicted octanol–water partition coefficient (Wildman–Crippen LogP) is 5.23. The minimum atomic E-state index is -4.38. The van der Waals surface area contributed by atoms with E-state index in [1.165, 1.54) is 23.5 Å². The van der Waals surface area contributed by atoms with Gasteiger partial charge < -0.3 is 9.88 Å². The summed E-state index contributed by atoms with van der Waals surface area (Å²) in [5, 5.41) is 3.33. The Kier molecular flexibility index (Phi) is 5.65. The lowest BCUT2D eigenvalue weighted by Crippen LogP contribution is -2.24. The van der Waals surface area contributed by atoms with Crippen molar-refractivity contribution in [1.29, 1.82) is 0 Å². The summed E-state index contributed by atoms with van der Waals surface area (Å²) in [5.41, 5.74) is 3.98. The second kappa shape index (κ2) is 7.96. The number of imidazole rings is 1. The van der Waals surface area contributed by atoms with Crippen LogP contribution < -0.4 is 5.32 Å². The predicted molar refractivity (Wildman–Crippen MR) is 101 cm³/mol. The van der Waals surface area contributed by atoms with Crippen LogP contribution in [-0.4, -0.2) is 16.1 Å².